The van der Waals surface area contributed by atoms with Gasteiger partial charge in [0.15, 0.2) is 0 Å². The maximum atomic E-state index is 10.3. The standard InChI is InChI=1S/C13H14BrClN2O/c1-8-12(13(15)17(2)16-8)11(18)7-9-5-3-4-6-10(9)14/h3-6,11,18H,7H2,1-2H3. The molecule has 2 aromatic rings. The van der Waals surface area contributed by atoms with Crippen molar-refractivity contribution < 1.29 is 5.11 Å². The van der Waals surface area contributed by atoms with Crippen LogP contribution >= 0.6 is 27.5 Å². The lowest BCUT2D eigenvalue weighted by Gasteiger charge is -2.12. The molecular weight excluding hydrogens is 316 g/mol. The predicted octanol–water partition coefficient (Wildman–Crippen LogP) is 3.42. The third kappa shape index (κ3) is 2.60. The highest BCUT2D eigenvalue weighted by Gasteiger charge is 2.20. The van der Waals surface area contributed by atoms with Crippen molar-refractivity contribution in [2.24, 2.45) is 7.05 Å². The highest BCUT2D eigenvalue weighted by Crippen LogP contribution is 2.30. The number of aromatic nitrogens is 2. The summed E-state index contributed by atoms with van der Waals surface area (Å²) >= 11 is 9.62. The molecule has 96 valence electrons. The Bertz CT molecular complexity index is 568. The van der Waals surface area contributed by atoms with Crippen LogP contribution < -0.4 is 0 Å². The molecule has 0 radical (unpaired) electrons. The van der Waals surface area contributed by atoms with Crippen LogP contribution in [0.1, 0.15) is 22.9 Å². The molecule has 1 heterocycles. The summed E-state index contributed by atoms with van der Waals surface area (Å²) < 4.78 is 2.57. The monoisotopic (exact) mass is 328 g/mol. The van der Waals surface area contributed by atoms with E-state index in [2.05, 4.69) is 21.0 Å². The van der Waals surface area contributed by atoms with E-state index in [9.17, 15) is 5.11 Å². The van der Waals surface area contributed by atoms with Crippen molar-refractivity contribution in [2.45, 2.75) is 19.4 Å². The van der Waals surface area contributed by atoms with Crippen molar-refractivity contribution >= 4 is 27.5 Å². The molecule has 3 nitrogen and oxygen atoms in total. The first-order valence-electron chi connectivity index (χ1n) is 5.61. The summed E-state index contributed by atoms with van der Waals surface area (Å²) in [7, 11) is 1.77. The van der Waals surface area contributed by atoms with Gasteiger partial charge in [-0.15, -0.1) is 0 Å². The summed E-state index contributed by atoms with van der Waals surface area (Å²) in [6.45, 7) is 1.85. The number of nitrogens with zero attached hydrogens (tertiary/aromatic N) is 2. The molecule has 1 atom stereocenters. The molecule has 0 bridgehead atoms. The van der Waals surface area contributed by atoms with Gasteiger partial charge in [0.05, 0.1) is 11.8 Å². The fourth-order valence-corrected chi connectivity index (χ4v) is 2.75. The van der Waals surface area contributed by atoms with Gasteiger partial charge in [0.2, 0.25) is 0 Å². The maximum absolute atomic E-state index is 10.3. The minimum Gasteiger partial charge on any atom is -0.388 e. The fraction of sp³-hybridized carbons (Fsp3) is 0.308. The Morgan fingerprint density at radius 3 is 2.67 bits per heavy atom. The Labute approximate surface area is 120 Å². The van der Waals surface area contributed by atoms with Crippen LogP contribution in [0.4, 0.5) is 0 Å². The van der Waals surface area contributed by atoms with E-state index in [4.69, 9.17) is 11.6 Å². The average Bonchev–Trinajstić information content (AvgIpc) is 2.56. The number of aliphatic hydroxyl groups excluding tert-OH is 1. The van der Waals surface area contributed by atoms with Gasteiger partial charge in [-0.2, -0.15) is 5.10 Å². The molecule has 18 heavy (non-hydrogen) atoms. The molecule has 0 saturated carbocycles. The Morgan fingerprint density at radius 1 is 1.44 bits per heavy atom. The molecule has 0 fully saturated rings. The van der Waals surface area contributed by atoms with Crippen molar-refractivity contribution in [3.63, 3.8) is 0 Å². The molecule has 0 amide bonds. The second kappa shape index (κ2) is 5.43. The van der Waals surface area contributed by atoms with E-state index in [1.165, 1.54) is 0 Å². The van der Waals surface area contributed by atoms with E-state index in [0.717, 1.165) is 15.7 Å². The number of hydrogen-bond donors (Lipinski definition) is 1. The Kier molecular flexibility index (Phi) is 4.10. The molecule has 1 N–H and O–H groups in total. The van der Waals surface area contributed by atoms with Gasteiger partial charge in [-0.1, -0.05) is 45.7 Å². The van der Waals surface area contributed by atoms with Crippen LogP contribution in [0.25, 0.3) is 0 Å². The Morgan fingerprint density at radius 2 is 2.11 bits per heavy atom. The number of hydrogen-bond acceptors (Lipinski definition) is 2. The molecule has 0 aliphatic rings. The molecule has 1 aromatic carbocycles. The lowest BCUT2D eigenvalue weighted by Crippen LogP contribution is -2.04. The Hall–Kier alpha value is -0.840. The largest absolute Gasteiger partial charge is 0.388 e. The van der Waals surface area contributed by atoms with Crippen LogP contribution in [0.15, 0.2) is 28.7 Å². The maximum Gasteiger partial charge on any atom is 0.132 e. The molecule has 2 rings (SSSR count). The van der Waals surface area contributed by atoms with Crippen molar-refractivity contribution in [1.29, 1.82) is 0 Å². The second-order valence-corrected chi connectivity index (χ2v) is 5.44. The number of benzene rings is 1. The van der Waals surface area contributed by atoms with E-state index in [0.29, 0.717) is 17.1 Å². The lowest BCUT2D eigenvalue weighted by atomic mass is 10.0. The summed E-state index contributed by atoms with van der Waals surface area (Å²) in [5.74, 6) is 0. The van der Waals surface area contributed by atoms with Crippen LogP contribution in [0, 0.1) is 6.92 Å². The van der Waals surface area contributed by atoms with E-state index >= 15 is 0 Å². The molecule has 0 aliphatic carbocycles. The van der Waals surface area contributed by atoms with Crippen LogP contribution in [-0.4, -0.2) is 14.9 Å². The first-order valence-corrected chi connectivity index (χ1v) is 6.78. The van der Waals surface area contributed by atoms with Gasteiger partial charge in [0.25, 0.3) is 0 Å². The van der Waals surface area contributed by atoms with E-state index < -0.39 is 6.10 Å². The summed E-state index contributed by atoms with van der Waals surface area (Å²) in [4.78, 5) is 0. The van der Waals surface area contributed by atoms with Gasteiger partial charge in [-0.3, -0.25) is 4.68 Å². The highest BCUT2D eigenvalue weighted by atomic mass is 79.9. The van der Waals surface area contributed by atoms with Crippen LogP contribution in [0.5, 0.6) is 0 Å². The zero-order valence-corrected chi connectivity index (χ0v) is 12.5. The van der Waals surface area contributed by atoms with E-state index in [1.807, 2.05) is 31.2 Å². The molecule has 1 unspecified atom stereocenters. The predicted molar refractivity (Wildman–Crippen MR) is 75.8 cm³/mol. The first-order chi connectivity index (χ1) is 8.50. The molecule has 0 saturated heterocycles. The van der Waals surface area contributed by atoms with E-state index in [-0.39, 0.29) is 0 Å². The molecule has 1 aromatic heterocycles. The molecule has 0 aliphatic heterocycles. The highest BCUT2D eigenvalue weighted by molar-refractivity contribution is 9.10. The van der Waals surface area contributed by atoms with Gasteiger partial charge in [0, 0.05) is 23.5 Å². The van der Waals surface area contributed by atoms with Crippen LogP contribution in [0.3, 0.4) is 0 Å². The van der Waals surface area contributed by atoms with Crippen molar-refractivity contribution in [3.8, 4) is 0 Å². The summed E-state index contributed by atoms with van der Waals surface area (Å²) in [5.41, 5.74) is 2.52. The summed E-state index contributed by atoms with van der Waals surface area (Å²) in [6, 6.07) is 7.83. The molecular formula is C13H14BrClN2O. The minimum absolute atomic E-state index is 0.493. The van der Waals surface area contributed by atoms with Gasteiger partial charge in [-0.25, -0.2) is 0 Å². The third-order valence-corrected chi connectivity index (χ3v) is 4.12. The number of halogens is 2. The van der Waals surface area contributed by atoms with Gasteiger partial charge in [-0.05, 0) is 18.6 Å². The van der Waals surface area contributed by atoms with Crippen molar-refractivity contribution in [2.75, 3.05) is 0 Å². The zero-order chi connectivity index (χ0) is 13.3. The normalized spacial score (nSPS) is 12.7. The SMILES string of the molecule is Cc1nn(C)c(Cl)c1C(O)Cc1ccccc1Br. The molecule has 5 heteroatoms. The second-order valence-electron chi connectivity index (χ2n) is 4.22. The van der Waals surface area contributed by atoms with Crippen molar-refractivity contribution in [3.05, 3.63) is 50.7 Å². The third-order valence-electron chi connectivity index (χ3n) is 2.90. The zero-order valence-electron chi connectivity index (χ0n) is 10.2. The molecule has 0 spiro atoms. The lowest BCUT2D eigenvalue weighted by molar-refractivity contribution is 0.177. The summed E-state index contributed by atoms with van der Waals surface area (Å²) in [6.07, 6.45) is -0.141. The van der Waals surface area contributed by atoms with Gasteiger partial charge in [0.1, 0.15) is 5.15 Å². The van der Waals surface area contributed by atoms with Gasteiger partial charge >= 0.3 is 0 Å². The number of rotatable bonds is 3. The topological polar surface area (TPSA) is 38.0 Å². The quantitative estimate of drug-likeness (QED) is 0.937. The minimum atomic E-state index is -0.648. The average molecular weight is 330 g/mol. The van der Waals surface area contributed by atoms with Gasteiger partial charge < -0.3 is 5.11 Å². The fourth-order valence-electron chi connectivity index (χ4n) is 2.00. The van der Waals surface area contributed by atoms with Crippen LogP contribution in [-0.2, 0) is 13.5 Å². The van der Waals surface area contributed by atoms with Crippen molar-refractivity contribution in [1.82, 2.24) is 9.78 Å². The Balaban J connectivity index is 2.28. The smallest absolute Gasteiger partial charge is 0.132 e. The van der Waals surface area contributed by atoms with E-state index in [1.54, 1.807) is 11.7 Å². The first kappa shape index (κ1) is 13.6. The number of aliphatic hydroxyl groups is 1. The summed E-state index contributed by atoms with van der Waals surface area (Å²) in [5, 5.41) is 15.0. The number of aryl methyl sites for hydroxylation is 2. The van der Waals surface area contributed by atoms with Crippen LogP contribution in [0.2, 0.25) is 5.15 Å².